The first kappa shape index (κ1) is 8.44. The number of ether oxygens (including phenoxy) is 1. The fourth-order valence-corrected chi connectivity index (χ4v) is 1.49. The fourth-order valence-electron chi connectivity index (χ4n) is 1.49. The third-order valence-corrected chi connectivity index (χ3v) is 2.16. The van der Waals surface area contributed by atoms with Crippen molar-refractivity contribution in [3.05, 3.63) is 18.5 Å². The van der Waals surface area contributed by atoms with E-state index >= 15 is 0 Å². The SMILES string of the molecule is CN1CCC(Oc2ncccn2)C1. The van der Waals surface area contributed by atoms with E-state index in [0.29, 0.717) is 6.01 Å². The molecule has 4 heteroatoms. The average Bonchev–Trinajstić information content (AvgIpc) is 2.53. The monoisotopic (exact) mass is 179 g/mol. The fraction of sp³-hybridized carbons (Fsp3) is 0.556. The maximum atomic E-state index is 5.58. The predicted molar refractivity (Wildman–Crippen MR) is 48.6 cm³/mol. The summed E-state index contributed by atoms with van der Waals surface area (Å²) in [6.45, 7) is 2.07. The Bertz CT molecular complexity index is 265. The van der Waals surface area contributed by atoms with Gasteiger partial charge in [-0.25, -0.2) is 9.97 Å². The van der Waals surface area contributed by atoms with Gasteiger partial charge in [0.15, 0.2) is 0 Å². The number of hydrogen-bond donors (Lipinski definition) is 0. The van der Waals surface area contributed by atoms with Gasteiger partial charge in [0.1, 0.15) is 6.10 Å². The highest BCUT2D eigenvalue weighted by Crippen LogP contribution is 2.12. The Balaban J connectivity index is 1.92. The number of aromatic nitrogens is 2. The van der Waals surface area contributed by atoms with Gasteiger partial charge < -0.3 is 9.64 Å². The summed E-state index contributed by atoms with van der Waals surface area (Å²) in [5.41, 5.74) is 0. The van der Waals surface area contributed by atoms with Crippen molar-refractivity contribution in [2.45, 2.75) is 12.5 Å². The van der Waals surface area contributed by atoms with Crippen LogP contribution in [0.4, 0.5) is 0 Å². The molecule has 2 heterocycles. The highest BCUT2D eigenvalue weighted by Gasteiger charge is 2.21. The van der Waals surface area contributed by atoms with Gasteiger partial charge in [0, 0.05) is 25.5 Å². The molecule has 1 aromatic heterocycles. The minimum Gasteiger partial charge on any atom is -0.459 e. The average molecular weight is 179 g/mol. The summed E-state index contributed by atoms with van der Waals surface area (Å²) in [6.07, 6.45) is 4.71. The molecule has 1 aliphatic rings. The summed E-state index contributed by atoms with van der Waals surface area (Å²) in [5, 5.41) is 0. The molecule has 0 aliphatic carbocycles. The zero-order chi connectivity index (χ0) is 9.10. The molecule has 0 saturated carbocycles. The Morgan fingerprint density at radius 2 is 2.23 bits per heavy atom. The van der Waals surface area contributed by atoms with Crippen molar-refractivity contribution in [2.24, 2.45) is 0 Å². The topological polar surface area (TPSA) is 38.2 Å². The van der Waals surface area contributed by atoms with Crippen molar-refractivity contribution in [3.8, 4) is 6.01 Å². The van der Waals surface area contributed by atoms with Crippen molar-refractivity contribution in [1.29, 1.82) is 0 Å². The van der Waals surface area contributed by atoms with Crippen molar-refractivity contribution in [1.82, 2.24) is 14.9 Å². The molecule has 4 nitrogen and oxygen atoms in total. The lowest BCUT2D eigenvalue weighted by molar-refractivity contribution is 0.191. The van der Waals surface area contributed by atoms with Crippen molar-refractivity contribution >= 4 is 0 Å². The van der Waals surface area contributed by atoms with Crippen LogP contribution < -0.4 is 4.74 Å². The Hall–Kier alpha value is -1.16. The van der Waals surface area contributed by atoms with Gasteiger partial charge in [0.25, 0.3) is 0 Å². The van der Waals surface area contributed by atoms with Gasteiger partial charge in [-0.3, -0.25) is 0 Å². The van der Waals surface area contributed by atoms with Gasteiger partial charge >= 0.3 is 6.01 Å². The van der Waals surface area contributed by atoms with E-state index in [-0.39, 0.29) is 6.10 Å². The molecule has 1 aliphatic heterocycles. The summed E-state index contributed by atoms with van der Waals surface area (Å²) in [5.74, 6) is 0. The summed E-state index contributed by atoms with van der Waals surface area (Å²) < 4.78 is 5.58. The van der Waals surface area contributed by atoms with E-state index in [1.165, 1.54) is 0 Å². The maximum Gasteiger partial charge on any atom is 0.316 e. The van der Waals surface area contributed by atoms with E-state index in [2.05, 4.69) is 21.9 Å². The van der Waals surface area contributed by atoms with Crippen LogP contribution in [0.15, 0.2) is 18.5 Å². The molecular formula is C9H13N3O. The predicted octanol–water partition coefficient (Wildman–Crippen LogP) is 0.560. The molecule has 2 rings (SSSR count). The molecule has 70 valence electrons. The van der Waals surface area contributed by atoms with Crippen LogP contribution in [0, 0.1) is 0 Å². The Morgan fingerprint density at radius 3 is 2.85 bits per heavy atom. The van der Waals surface area contributed by atoms with Crippen LogP contribution in [0.25, 0.3) is 0 Å². The van der Waals surface area contributed by atoms with Gasteiger partial charge in [0.05, 0.1) is 0 Å². The second-order valence-corrected chi connectivity index (χ2v) is 3.32. The molecule has 0 radical (unpaired) electrons. The minimum atomic E-state index is 0.257. The van der Waals surface area contributed by atoms with Gasteiger partial charge in [-0.1, -0.05) is 0 Å². The van der Waals surface area contributed by atoms with Crippen LogP contribution in [0.3, 0.4) is 0 Å². The van der Waals surface area contributed by atoms with Crippen LogP contribution in [-0.4, -0.2) is 41.1 Å². The molecule has 1 saturated heterocycles. The molecule has 0 aromatic carbocycles. The van der Waals surface area contributed by atoms with Crippen molar-refractivity contribution in [2.75, 3.05) is 20.1 Å². The molecule has 1 atom stereocenters. The quantitative estimate of drug-likeness (QED) is 0.665. The molecule has 0 amide bonds. The Labute approximate surface area is 77.6 Å². The van der Waals surface area contributed by atoms with Crippen molar-refractivity contribution in [3.63, 3.8) is 0 Å². The Kier molecular flexibility index (Phi) is 2.40. The molecule has 1 unspecified atom stereocenters. The summed E-state index contributed by atoms with van der Waals surface area (Å²) >= 11 is 0. The van der Waals surface area contributed by atoms with Crippen molar-refractivity contribution < 1.29 is 4.74 Å². The zero-order valence-electron chi connectivity index (χ0n) is 7.68. The molecule has 0 spiro atoms. The second kappa shape index (κ2) is 3.70. The minimum absolute atomic E-state index is 0.257. The van der Waals surface area contributed by atoms with E-state index < -0.39 is 0 Å². The highest BCUT2D eigenvalue weighted by atomic mass is 16.5. The van der Waals surface area contributed by atoms with Gasteiger partial charge in [0.2, 0.25) is 0 Å². The summed E-state index contributed by atoms with van der Waals surface area (Å²) in [6, 6.07) is 2.27. The van der Waals surface area contributed by atoms with Crippen LogP contribution in [0.1, 0.15) is 6.42 Å². The molecule has 0 bridgehead atoms. The largest absolute Gasteiger partial charge is 0.459 e. The Morgan fingerprint density at radius 1 is 1.46 bits per heavy atom. The lowest BCUT2D eigenvalue weighted by Gasteiger charge is -2.10. The second-order valence-electron chi connectivity index (χ2n) is 3.32. The van der Waals surface area contributed by atoms with Crippen LogP contribution in [0.5, 0.6) is 6.01 Å². The number of hydrogen-bond acceptors (Lipinski definition) is 4. The first-order valence-electron chi connectivity index (χ1n) is 4.47. The first-order valence-corrected chi connectivity index (χ1v) is 4.47. The van der Waals surface area contributed by atoms with E-state index in [1.54, 1.807) is 18.5 Å². The van der Waals surface area contributed by atoms with Crippen LogP contribution in [0.2, 0.25) is 0 Å². The smallest absolute Gasteiger partial charge is 0.316 e. The van der Waals surface area contributed by atoms with E-state index in [9.17, 15) is 0 Å². The number of nitrogens with zero attached hydrogens (tertiary/aromatic N) is 3. The van der Waals surface area contributed by atoms with Gasteiger partial charge in [-0.05, 0) is 19.5 Å². The standard InChI is InChI=1S/C9H13N3O/c1-12-6-3-8(7-12)13-9-10-4-2-5-11-9/h2,4-5,8H,3,6-7H2,1H3. The molecule has 13 heavy (non-hydrogen) atoms. The summed E-state index contributed by atoms with van der Waals surface area (Å²) in [4.78, 5) is 10.3. The van der Waals surface area contributed by atoms with Gasteiger partial charge in [-0.15, -0.1) is 0 Å². The molecule has 1 aromatic rings. The number of likely N-dealkylation sites (N-methyl/N-ethyl adjacent to an activating group) is 1. The first-order chi connectivity index (χ1) is 6.34. The normalized spacial score (nSPS) is 23.3. The van der Waals surface area contributed by atoms with Gasteiger partial charge in [-0.2, -0.15) is 0 Å². The lowest BCUT2D eigenvalue weighted by atomic mass is 10.3. The van der Waals surface area contributed by atoms with Crippen LogP contribution in [-0.2, 0) is 0 Å². The van der Waals surface area contributed by atoms with E-state index in [1.807, 2.05) is 0 Å². The highest BCUT2D eigenvalue weighted by molar-refractivity contribution is 4.95. The number of rotatable bonds is 2. The molecule has 0 N–H and O–H groups in total. The maximum absolute atomic E-state index is 5.58. The third kappa shape index (κ3) is 2.15. The molecule has 1 fully saturated rings. The third-order valence-electron chi connectivity index (χ3n) is 2.16. The zero-order valence-corrected chi connectivity index (χ0v) is 7.68. The van der Waals surface area contributed by atoms with Crippen LogP contribution >= 0.6 is 0 Å². The lowest BCUT2D eigenvalue weighted by Crippen LogP contribution is -2.22. The summed E-state index contributed by atoms with van der Waals surface area (Å²) in [7, 11) is 2.09. The number of likely N-dealkylation sites (tertiary alicyclic amines) is 1. The molecular weight excluding hydrogens is 166 g/mol. The van der Waals surface area contributed by atoms with E-state index in [4.69, 9.17) is 4.74 Å². The van der Waals surface area contributed by atoms with E-state index in [0.717, 1.165) is 19.5 Å².